The van der Waals surface area contributed by atoms with Crippen molar-refractivity contribution in [3.8, 4) is 0 Å². The van der Waals surface area contributed by atoms with E-state index in [1.54, 1.807) is 23.9 Å². The molecule has 0 spiro atoms. The summed E-state index contributed by atoms with van der Waals surface area (Å²) in [7, 11) is 0. The summed E-state index contributed by atoms with van der Waals surface area (Å²) in [6.07, 6.45) is 3.72. The fourth-order valence-electron chi connectivity index (χ4n) is 1.59. The number of thioether (sulfide) groups is 1. The molecular weight excluding hydrogens is 268 g/mol. The highest BCUT2D eigenvalue weighted by atomic mass is 35.5. The molecule has 1 rings (SSSR count). The number of amides is 1. The third-order valence-corrected chi connectivity index (χ3v) is 3.60. The van der Waals surface area contributed by atoms with Gasteiger partial charge in [0.25, 0.3) is 5.91 Å². The van der Waals surface area contributed by atoms with Gasteiger partial charge in [-0.2, -0.15) is 11.8 Å². The zero-order chi connectivity index (χ0) is 13.5. The van der Waals surface area contributed by atoms with E-state index in [1.807, 2.05) is 13.2 Å². The third-order valence-electron chi connectivity index (χ3n) is 2.67. The molecule has 0 aliphatic rings. The molecule has 0 fully saturated rings. The molecule has 0 saturated heterocycles. The van der Waals surface area contributed by atoms with Gasteiger partial charge in [-0.3, -0.25) is 4.79 Å². The van der Waals surface area contributed by atoms with Crippen LogP contribution in [0.15, 0.2) is 12.1 Å². The number of aryl methyl sites for hydroxylation is 1. The lowest BCUT2D eigenvalue weighted by Crippen LogP contribution is -2.36. The Labute approximate surface area is 118 Å². The number of carbonyl (C=O) groups excluding carboxylic acids is 1. The maximum absolute atomic E-state index is 12.1. The van der Waals surface area contributed by atoms with Gasteiger partial charge in [0.05, 0.1) is 0 Å². The summed E-state index contributed by atoms with van der Waals surface area (Å²) in [5.41, 5.74) is 1.43. The minimum Gasteiger partial charge on any atom is -0.348 e. The molecule has 0 aromatic carbocycles. The Morgan fingerprint density at radius 1 is 1.50 bits per heavy atom. The summed E-state index contributed by atoms with van der Waals surface area (Å²) in [6, 6.07) is 3.61. The van der Waals surface area contributed by atoms with E-state index in [2.05, 4.69) is 17.2 Å². The van der Waals surface area contributed by atoms with Crippen molar-refractivity contribution in [1.29, 1.82) is 0 Å². The van der Waals surface area contributed by atoms with E-state index in [0.717, 1.165) is 24.3 Å². The fraction of sp³-hybridized carbons (Fsp3) is 0.538. The second kappa shape index (κ2) is 7.64. The third kappa shape index (κ3) is 4.50. The lowest BCUT2D eigenvalue weighted by molar-refractivity contribution is 0.0940. The molecule has 1 amide bonds. The van der Waals surface area contributed by atoms with Crippen molar-refractivity contribution in [2.75, 3.05) is 12.0 Å². The number of hydrogen-bond acceptors (Lipinski definition) is 3. The van der Waals surface area contributed by atoms with E-state index in [1.165, 1.54) is 0 Å². The van der Waals surface area contributed by atoms with Crippen molar-refractivity contribution >= 4 is 29.3 Å². The van der Waals surface area contributed by atoms with Crippen LogP contribution in [-0.4, -0.2) is 28.9 Å². The van der Waals surface area contributed by atoms with Crippen molar-refractivity contribution < 1.29 is 4.79 Å². The number of carbonyl (C=O) groups is 1. The Balaban J connectivity index is 2.79. The average Bonchev–Trinajstić information content (AvgIpc) is 2.37. The van der Waals surface area contributed by atoms with Crippen LogP contribution in [0.4, 0.5) is 0 Å². The van der Waals surface area contributed by atoms with E-state index in [4.69, 9.17) is 11.6 Å². The molecule has 1 aromatic rings. The van der Waals surface area contributed by atoms with Crippen LogP contribution < -0.4 is 5.32 Å². The number of nitrogens with zero attached hydrogens (tertiary/aromatic N) is 1. The van der Waals surface area contributed by atoms with Crippen LogP contribution in [0, 0.1) is 0 Å². The SMILES string of the molecule is CCc1cc(C(=O)NC(CC)CSC)cc(Cl)n1. The second-order valence-corrected chi connectivity index (χ2v) is 5.36. The van der Waals surface area contributed by atoms with Gasteiger partial charge in [-0.05, 0) is 31.2 Å². The summed E-state index contributed by atoms with van der Waals surface area (Å²) < 4.78 is 0. The van der Waals surface area contributed by atoms with E-state index in [-0.39, 0.29) is 11.9 Å². The van der Waals surface area contributed by atoms with E-state index in [0.29, 0.717) is 10.7 Å². The topological polar surface area (TPSA) is 42.0 Å². The Morgan fingerprint density at radius 2 is 2.22 bits per heavy atom. The van der Waals surface area contributed by atoms with Crippen LogP contribution in [0.1, 0.15) is 36.3 Å². The number of hydrogen-bond donors (Lipinski definition) is 1. The number of rotatable bonds is 6. The lowest BCUT2D eigenvalue weighted by atomic mass is 10.1. The van der Waals surface area contributed by atoms with Crippen molar-refractivity contribution in [2.24, 2.45) is 0 Å². The molecule has 1 aromatic heterocycles. The minimum atomic E-state index is -0.0742. The maximum atomic E-state index is 12.1. The summed E-state index contributed by atoms with van der Waals surface area (Å²) >= 11 is 7.64. The van der Waals surface area contributed by atoms with Gasteiger partial charge in [-0.25, -0.2) is 4.98 Å². The Morgan fingerprint density at radius 3 is 2.78 bits per heavy atom. The molecule has 0 bridgehead atoms. The Kier molecular flexibility index (Phi) is 6.50. The molecular formula is C13H19ClN2OS. The normalized spacial score (nSPS) is 12.2. The summed E-state index contributed by atoms with van der Waals surface area (Å²) in [6.45, 7) is 4.06. The molecule has 1 unspecified atom stereocenters. The standard InChI is InChI=1S/C13H19ClN2OS/c1-4-10-6-9(7-12(14)15-10)13(17)16-11(5-2)8-18-3/h6-7,11H,4-5,8H2,1-3H3,(H,16,17). The molecule has 100 valence electrons. The highest BCUT2D eigenvalue weighted by Gasteiger charge is 2.13. The summed E-state index contributed by atoms with van der Waals surface area (Å²) in [5, 5.41) is 3.39. The molecule has 0 aliphatic carbocycles. The van der Waals surface area contributed by atoms with Crippen molar-refractivity contribution in [3.63, 3.8) is 0 Å². The smallest absolute Gasteiger partial charge is 0.251 e. The first-order valence-corrected chi connectivity index (χ1v) is 7.84. The highest BCUT2D eigenvalue weighted by molar-refractivity contribution is 7.98. The Hall–Kier alpha value is -0.740. The first-order chi connectivity index (χ1) is 8.60. The highest BCUT2D eigenvalue weighted by Crippen LogP contribution is 2.12. The Bertz CT molecular complexity index is 412. The largest absolute Gasteiger partial charge is 0.348 e. The first kappa shape index (κ1) is 15.3. The molecule has 18 heavy (non-hydrogen) atoms. The van der Waals surface area contributed by atoms with Gasteiger partial charge in [0, 0.05) is 23.1 Å². The predicted molar refractivity (Wildman–Crippen MR) is 78.6 cm³/mol. The van der Waals surface area contributed by atoms with Crippen molar-refractivity contribution in [3.05, 3.63) is 28.5 Å². The number of nitrogens with one attached hydrogen (secondary N) is 1. The van der Waals surface area contributed by atoms with Crippen LogP contribution in [0.3, 0.4) is 0 Å². The van der Waals surface area contributed by atoms with Gasteiger partial charge >= 0.3 is 0 Å². The maximum Gasteiger partial charge on any atom is 0.251 e. The second-order valence-electron chi connectivity index (χ2n) is 4.06. The lowest BCUT2D eigenvalue weighted by Gasteiger charge is -2.16. The average molecular weight is 287 g/mol. The van der Waals surface area contributed by atoms with Crippen LogP contribution >= 0.6 is 23.4 Å². The number of pyridine rings is 1. The van der Waals surface area contributed by atoms with Gasteiger partial charge in [0.1, 0.15) is 5.15 Å². The molecule has 3 nitrogen and oxygen atoms in total. The van der Waals surface area contributed by atoms with Crippen LogP contribution in [0.25, 0.3) is 0 Å². The van der Waals surface area contributed by atoms with Gasteiger partial charge in [-0.15, -0.1) is 0 Å². The summed E-state index contributed by atoms with van der Waals surface area (Å²) in [4.78, 5) is 16.3. The molecule has 0 saturated carbocycles. The first-order valence-electron chi connectivity index (χ1n) is 6.06. The molecule has 1 atom stereocenters. The molecule has 0 radical (unpaired) electrons. The monoisotopic (exact) mass is 286 g/mol. The minimum absolute atomic E-state index is 0.0742. The molecule has 1 N–H and O–H groups in total. The van der Waals surface area contributed by atoms with Crippen LogP contribution in [0.5, 0.6) is 0 Å². The van der Waals surface area contributed by atoms with E-state index >= 15 is 0 Å². The molecule has 0 aliphatic heterocycles. The van der Waals surface area contributed by atoms with Gasteiger partial charge < -0.3 is 5.32 Å². The van der Waals surface area contributed by atoms with Crippen LogP contribution in [0.2, 0.25) is 5.15 Å². The molecule has 1 heterocycles. The number of halogens is 1. The van der Waals surface area contributed by atoms with Crippen LogP contribution in [-0.2, 0) is 6.42 Å². The van der Waals surface area contributed by atoms with Gasteiger partial charge in [0.2, 0.25) is 0 Å². The van der Waals surface area contributed by atoms with E-state index < -0.39 is 0 Å². The quantitative estimate of drug-likeness (QED) is 0.817. The van der Waals surface area contributed by atoms with Gasteiger partial charge in [-0.1, -0.05) is 25.4 Å². The zero-order valence-electron chi connectivity index (χ0n) is 11.0. The fourth-order valence-corrected chi connectivity index (χ4v) is 2.54. The number of aromatic nitrogens is 1. The predicted octanol–water partition coefficient (Wildman–Crippen LogP) is 3.17. The van der Waals surface area contributed by atoms with E-state index in [9.17, 15) is 4.79 Å². The van der Waals surface area contributed by atoms with Crippen molar-refractivity contribution in [2.45, 2.75) is 32.7 Å². The zero-order valence-corrected chi connectivity index (χ0v) is 12.6. The summed E-state index contributed by atoms with van der Waals surface area (Å²) in [5.74, 6) is 0.844. The van der Waals surface area contributed by atoms with Crippen molar-refractivity contribution in [1.82, 2.24) is 10.3 Å². The van der Waals surface area contributed by atoms with Gasteiger partial charge in [0.15, 0.2) is 0 Å². The molecule has 5 heteroatoms.